The Labute approximate surface area is 148 Å². The molecule has 1 aliphatic carbocycles. The molecular formula is C18H27N5O2. The van der Waals surface area contributed by atoms with Crippen LogP contribution in [0.1, 0.15) is 86.2 Å². The lowest BCUT2D eigenvalue weighted by Gasteiger charge is -2.05. The number of hydrogen-bond acceptors (Lipinski definition) is 5. The molecule has 1 saturated carbocycles. The molecule has 3 rings (SSSR count). The van der Waals surface area contributed by atoms with E-state index in [1.54, 1.807) is 4.68 Å². The summed E-state index contributed by atoms with van der Waals surface area (Å²) in [7, 11) is 0. The van der Waals surface area contributed by atoms with Crippen molar-refractivity contribution in [2.24, 2.45) is 0 Å². The average Bonchev–Trinajstić information content (AvgIpc) is 3.33. The average molecular weight is 345 g/mol. The summed E-state index contributed by atoms with van der Waals surface area (Å²) in [4.78, 5) is 16.9. The third kappa shape index (κ3) is 4.08. The first-order valence-corrected chi connectivity index (χ1v) is 9.27. The minimum Gasteiger partial charge on any atom is -0.350 e. The van der Waals surface area contributed by atoms with E-state index < -0.39 is 0 Å². The molecule has 0 aromatic carbocycles. The molecule has 1 fully saturated rings. The zero-order valence-electron chi connectivity index (χ0n) is 15.3. The fourth-order valence-corrected chi connectivity index (χ4v) is 3.23. The molecular weight excluding hydrogens is 318 g/mol. The van der Waals surface area contributed by atoms with E-state index in [4.69, 9.17) is 4.52 Å². The summed E-state index contributed by atoms with van der Waals surface area (Å²) in [6.45, 7) is 7.28. The van der Waals surface area contributed by atoms with Crippen molar-refractivity contribution in [3.63, 3.8) is 0 Å². The van der Waals surface area contributed by atoms with Gasteiger partial charge in [0.25, 0.3) is 5.91 Å². The van der Waals surface area contributed by atoms with Crippen molar-refractivity contribution in [2.45, 2.75) is 71.3 Å². The van der Waals surface area contributed by atoms with Crippen LogP contribution in [0.15, 0.2) is 10.6 Å². The van der Waals surface area contributed by atoms with E-state index in [-0.39, 0.29) is 5.91 Å². The molecule has 2 aromatic heterocycles. The summed E-state index contributed by atoms with van der Waals surface area (Å²) in [5, 5.41) is 11.4. The number of aromatic nitrogens is 4. The van der Waals surface area contributed by atoms with Crippen LogP contribution in [0.25, 0.3) is 0 Å². The van der Waals surface area contributed by atoms with Crippen LogP contribution in [0.3, 0.4) is 0 Å². The van der Waals surface area contributed by atoms with E-state index in [0.29, 0.717) is 42.9 Å². The topological polar surface area (TPSA) is 85.8 Å². The normalized spacial score (nSPS) is 15.2. The Morgan fingerprint density at radius 1 is 1.40 bits per heavy atom. The highest BCUT2D eigenvalue weighted by molar-refractivity contribution is 5.92. The van der Waals surface area contributed by atoms with Gasteiger partial charge in [-0.15, -0.1) is 0 Å². The fourth-order valence-electron chi connectivity index (χ4n) is 3.23. The molecule has 136 valence electrons. The lowest BCUT2D eigenvalue weighted by atomic mass is 10.1. The summed E-state index contributed by atoms with van der Waals surface area (Å²) in [5.41, 5.74) is 1.54. The van der Waals surface area contributed by atoms with E-state index in [0.717, 1.165) is 24.4 Å². The highest BCUT2D eigenvalue weighted by Gasteiger charge is 2.23. The number of aryl methyl sites for hydroxylation is 1. The summed E-state index contributed by atoms with van der Waals surface area (Å²) >= 11 is 0. The van der Waals surface area contributed by atoms with E-state index >= 15 is 0 Å². The summed E-state index contributed by atoms with van der Waals surface area (Å²) in [5.74, 6) is 2.02. The van der Waals surface area contributed by atoms with E-state index in [2.05, 4.69) is 34.4 Å². The van der Waals surface area contributed by atoms with Crippen LogP contribution < -0.4 is 5.32 Å². The third-order valence-corrected chi connectivity index (χ3v) is 4.74. The van der Waals surface area contributed by atoms with Gasteiger partial charge in [-0.25, -0.2) is 0 Å². The van der Waals surface area contributed by atoms with Crippen LogP contribution in [0.2, 0.25) is 0 Å². The van der Waals surface area contributed by atoms with Crippen LogP contribution >= 0.6 is 0 Å². The van der Waals surface area contributed by atoms with Crippen LogP contribution in [-0.4, -0.2) is 32.4 Å². The van der Waals surface area contributed by atoms with E-state index in [1.165, 1.54) is 12.8 Å². The van der Waals surface area contributed by atoms with Gasteiger partial charge in [-0.05, 0) is 31.7 Å². The van der Waals surface area contributed by atoms with Crippen LogP contribution in [0.4, 0.5) is 0 Å². The Kier molecular flexibility index (Phi) is 5.50. The van der Waals surface area contributed by atoms with Gasteiger partial charge >= 0.3 is 0 Å². The Bertz CT molecular complexity index is 713. The number of carbonyl (C=O) groups excluding carboxylic acids is 1. The predicted molar refractivity (Wildman–Crippen MR) is 93.5 cm³/mol. The first kappa shape index (κ1) is 17.6. The first-order chi connectivity index (χ1) is 12.1. The third-order valence-electron chi connectivity index (χ3n) is 4.74. The van der Waals surface area contributed by atoms with Crippen molar-refractivity contribution in [1.29, 1.82) is 0 Å². The van der Waals surface area contributed by atoms with Crippen LogP contribution in [0.5, 0.6) is 0 Å². The molecule has 7 heteroatoms. The maximum absolute atomic E-state index is 12.4. The van der Waals surface area contributed by atoms with E-state index in [9.17, 15) is 4.79 Å². The van der Waals surface area contributed by atoms with Crippen molar-refractivity contribution >= 4 is 5.91 Å². The lowest BCUT2D eigenvalue weighted by molar-refractivity contribution is 0.0943. The SMILES string of the molecule is CCn1nc(C(C)C)cc1C(=O)NCCc1noc(C2CCCC2)n1. The molecule has 0 spiro atoms. The van der Waals surface area contributed by atoms with Crippen molar-refractivity contribution in [3.05, 3.63) is 29.2 Å². The van der Waals surface area contributed by atoms with Gasteiger partial charge in [0.05, 0.1) is 5.69 Å². The van der Waals surface area contributed by atoms with Crippen LogP contribution in [-0.2, 0) is 13.0 Å². The molecule has 0 bridgehead atoms. The minimum atomic E-state index is -0.110. The van der Waals surface area contributed by atoms with Crippen molar-refractivity contribution < 1.29 is 9.32 Å². The molecule has 0 aliphatic heterocycles. The largest absolute Gasteiger partial charge is 0.350 e. The molecule has 25 heavy (non-hydrogen) atoms. The van der Waals surface area contributed by atoms with Crippen molar-refractivity contribution in [1.82, 2.24) is 25.2 Å². The highest BCUT2D eigenvalue weighted by atomic mass is 16.5. The Balaban J connectivity index is 1.54. The standard InChI is InChI=1S/C18H27N5O2/c1-4-23-15(11-14(21-23)12(2)3)17(24)19-10-9-16-20-18(25-22-16)13-7-5-6-8-13/h11-13H,4-10H2,1-3H3,(H,19,24). The van der Waals surface area contributed by atoms with Gasteiger partial charge in [0.2, 0.25) is 5.89 Å². The second-order valence-corrected chi connectivity index (χ2v) is 6.96. The molecule has 2 aromatic rings. The second kappa shape index (κ2) is 7.80. The fraction of sp³-hybridized carbons (Fsp3) is 0.667. The molecule has 1 amide bonds. The zero-order valence-corrected chi connectivity index (χ0v) is 15.3. The van der Waals surface area contributed by atoms with Crippen molar-refractivity contribution in [2.75, 3.05) is 6.54 Å². The van der Waals surface area contributed by atoms with Crippen LogP contribution in [0, 0.1) is 0 Å². The lowest BCUT2D eigenvalue weighted by Crippen LogP contribution is -2.28. The summed E-state index contributed by atoms with van der Waals surface area (Å²) in [6.07, 6.45) is 5.32. The van der Waals surface area contributed by atoms with Gasteiger partial charge in [0.15, 0.2) is 5.82 Å². The van der Waals surface area contributed by atoms with Gasteiger partial charge in [-0.1, -0.05) is 31.8 Å². The molecule has 1 aliphatic rings. The number of carbonyl (C=O) groups is 1. The molecule has 2 heterocycles. The smallest absolute Gasteiger partial charge is 0.269 e. The quantitative estimate of drug-likeness (QED) is 0.833. The number of rotatable bonds is 7. The van der Waals surface area contributed by atoms with Gasteiger partial charge in [-0.3, -0.25) is 9.48 Å². The number of hydrogen-bond donors (Lipinski definition) is 1. The van der Waals surface area contributed by atoms with Crippen molar-refractivity contribution in [3.8, 4) is 0 Å². The first-order valence-electron chi connectivity index (χ1n) is 9.27. The number of nitrogens with one attached hydrogen (secondary N) is 1. The molecule has 1 N–H and O–H groups in total. The second-order valence-electron chi connectivity index (χ2n) is 6.96. The summed E-state index contributed by atoms with van der Waals surface area (Å²) in [6, 6.07) is 1.87. The molecule has 0 saturated heterocycles. The zero-order chi connectivity index (χ0) is 17.8. The molecule has 0 atom stereocenters. The minimum absolute atomic E-state index is 0.110. The Morgan fingerprint density at radius 3 is 2.84 bits per heavy atom. The highest BCUT2D eigenvalue weighted by Crippen LogP contribution is 2.32. The maximum atomic E-state index is 12.4. The predicted octanol–water partition coefficient (Wildman–Crippen LogP) is 3.04. The number of amides is 1. The van der Waals surface area contributed by atoms with Gasteiger partial charge in [0.1, 0.15) is 5.69 Å². The Morgan fingerprint density at radius 2 is 2.16 bits per heavy atom. The van der Waals surface area contributed by atoms with Gasteiger partial charge in [0, 0.05) is 25.4 Å². The molecule has 7 nitrogen and oxygen atoms in total. The van der Waals surface area contributed by atoms with Gasteiger partial charge < -0.3 is 9.84 Å². The molecule has 0 radical (unpaired) electrons. The summed E-state index contributed by atoms with van der Waals surface area (Å²) < 4.78 is 7.12. The van der Waals surface area contributed by atoms with Gasteiger partial charge in [-0.2, -0.15) is 10.1 Å². The molecule has 0 unspecified atom stereocenters. The monoisotopic (exact) mass is 345 g/mol. The van der Waals surface area contributed by atoms with E-state index in [1.807, 2.05) is 13.0 Å². The Hall–Kier alpha value is -2.18. The number of nitrogens with zero attached hydrogens (tertiary/aromatic N) is 4. The maximum Gasteiger partial charge on any atom is 0.269 e.